The van der Waals surface area contributed by atoms with Crippen molar-refractivity contribution >= 4 is 16.1 Å². The predicted molar refractivity (Wildman–Crippen MR) is 74.8 cm³/mol. The SMILES string of the molecule is CC[Si](C)(C)CCCC[Si](C)(C)CC. The van der Waals surface area contributed by atoms with Crippen LogP contribution in [-0.2, 0) is 0 Å². The maximum atomic E-state index is 2.54. The Bertz CT molecular complexity index is 132. The largest absolute Gasteiger partial charge is 0.0694 e. The molecular formula is C12H30Si2. The van der Waals surface area contributed by atoms with Crippen LogP contribution in [0.15, 0.2) is 0 Å². The molecule has 0 spiro atoms. The molecule has 0 rings (SSSR count). The lowest BCUT2D eigenvalue weighted by molar-refractivity contribution is 0.845. The molecule has 0 N–H and O–H groups in total. The summed E-state index contributed by atoms with van der Waals surface area (Å²) < 4.78 is 0. The van der Waals surface area contributed by atoms with Crippen molar-refractivity contribution in [1.29, 1.82) is 0 Å². The minimum absolute atomic E-state index is 0.768. The van der Waals surface area contributed by atoms with Crippen LogP contribution in [0.1, 0.15) is 26.7 Å². The van der Waals surface area contributed by atoms with Gasteiger partial charge in [-0.3, -0.25) is 0 Å². The molecule has 0 atom stereocenters. The zero-order valence-electron chi connectivity index (χ0n) is 11.2. The van der Waals surface area contributed by atoms with Crippen molar-refractivity contribution in [2.45, 2.75) is 77.1 Å². The van der Waals surface area contributed by atoms with Gasteiger partial charge in [0.15, 0.2) is 0 Å². The highest BCUT2D eigenvalue weighted by Crippen LogP contribution is 2.22. The fourth-order valence-electron chi connectivity index (χ4n) is 1.56. The van der Waals surface area contributed by atoms with Crippen LogP contribution in [0, 0.1) is 0 Å². The molecule has 86 valence electrons. The zero-order valence-corrected chi connectivity index (χ0v) is 13.2. The summed E-state index contributed by atoms with van der Waals surface area (Å²) in [6, 6.07) is 6.03. The van der Waals surface area contributed by atoms with Crippen LogP contribution in [-0.4, -0.2) is 16.1 Å². The first kappa shape index (κ1) is 14.4. The van der Waals surface area contributed by atoms with E-state index in [4.69, 9.17) is 0 Å². The second-order valence-corrected chi connectivity index (χ2v) is 17.3. The molecule has 0 nitrogen and oxygen atoms in total. The molecule has 0 amide bonds. The summed E-state index contributed by atoms with van der Waals surface area (Å²) >= 11 is 0. The molecule has 0 radical (unpaired) electrons. The lowest BCUT2D eigenvalue weighted by Crippen LogP contribution is -2.25. The van der Waals surface area contributed by atoms with Gasteiger partial charge < -0.3 is 0 Å². The molecule has 2 heteroatoms. The Balaban J connectivity index is 3.57. The third kappa shape index (κ3) is 6.82. The van der Waals surface area contributed by atoms with Crippen molar-refractivity contribution in [3.05, 3.63) is 0 Å². The molecule has 0 bridgehead atoms. The van der Waals surface area contributed by atoms with Crippen LogP contribution in [0.3, 0.4) is 0 Å². The van der Waals surface area contributed by atoms with E-state index in [0.717, 1.165) is 0 Å². The van der Waals surface area contributed by atoms with Crippen molar-refractivity contribution in [3.8, 4) is 0 Å². The summed E-state index contributed by atoms with van der Waals surface area (Å²) in [7, 11) is -1.54. The van der Waals surface area contributed by atoms with Gasteiger partial charge in [0.1, 0.15) is 0 Å². The molecular weight excluding hydrogens is 200 g/mol. The van der Waals surface area contributed by atoms with Crippen molar-refractivity contribution in [2.75, 3.05) is 0 Å². The number of unbranched alkanes of at least 4 members (excludes halogenated alkanes) is 1. The van der Waals surface area contributed by atoms with Crippen molar-refractivity contribution in [2.24, 2.45) is 0 Å². The molecule has 0 unspecified atom stereocenters. The van der Waals surface area contributed by atoms with Gasteiger partial charge in [0.05, 0.1) is 0 Å². The topological polar surface area (TPSA) is 0 Å². The second kappa shape index (κ2) is 6.11. The lowest BCUT2D eigenvalue weighted by Gasteiger charge is -2.23. The van der Waals surface area contributed by atoms with E-state index in [0.29, 0.717) is 0 Å². The van der Waals surface area contributed by atoms with E-state index in [1.165, 1.54) is 24.9 Å². The standard InChI is InChI=1S/C12H30Si2/c1-7-13(3,4)11-9-10-12-14(5,6)8-2/h7-12H2,1-6H3. The minimum atomic E-state index is -0.768. The first-order chi connectivity index (χ1) is 6.33. The van der Waals surface area contributed by atoms with Crippen LogP contribution in [0.5, 0.6) is 0 Å². The normalized spacial score (nSPS) is 13.3. The summed E-state index contributed by atoms with van der Waals surface area (Å²) in [4.78, 5) is 0. The average molecular weight is 231 g/mol. The third-order valence-corrected chi connectivity index (χ3v) is 11.1. The quantitative estimate of drug-likeness (QED) is 0.415. The van der Waals surface area contributed by atoms with Crippen LogP contribution < -0.4 is 0 Å². The molecule has 0 aliphatic carbocycles. The molecule has 0 saturated carbocycles. The van der Waals surface area contributed by atoms with E-state index >= 15 is 0 Å². The highest BCUT2D eigenvalue weighted by Gasteiger charge is 2.19. The monoisotopic (exact) mass is 230 g/mol. The minimum Gasteiger partial charge on any atom is -0.0694 e. The molecule has 14 heavy (non-hydrogen) atoms. The van der Waals surface area contributed by atoms with Gasteiger partial charge >= 0.3 is 0 Å². The van der Waals surface area contributed by atoms with E-state index in [2.05, 4.69) is 40.0 Å². The molecule has 0 aliphatic heterocycles. The maximum Gasteiger partial charge on any atom is 0.0471 e. The smallest absolute Gasteiger partial charge is 0.0471 e. The molecule has 0 aliphatic rings. The summed E-state index contributed by atoms with van der Waals surface area (Å²) in [6.07, 6.45) is 3.01. The van der Waals surface area contributed by atoms with Crippen LogP contribution in [0.4, 0.5) is 0 Å². The average Bonchev–Trinajstić information content (AvgIpc) is 2.13. The highest BCUT2D eigenvalue weighted by atomic mass is 28.3. The fourth-order valence-corrected chi connectivity index (χ4v) is 4.68. The molecule has 0 aromatic carbocycles. The lowest BCUT2D eigenvalue weighted by atomic mass is 10.4. The molecule has 0 heterocycles. The van der Waals surface area contributed by atoms with Gasteiger partial charge in [-0.25, -0.2) is 0 Å². The molecule has 0 aromatic rings. The number of hydrogen-bond donors (Lipinski definition) is 0. The number of rotatable bonds is 7. The maximum absolute atomic E-state index is 2.54. The third-order valence-electron chi connectivity index (χ3n) is 3.87. The van der Waals surface area contributed by atoms with Gasteiger partial charge in [-0.15, -0.1) is 0 Å². The zero-order chi connectivity index (χ0) is 11.2. The highest BCUT2D eigenvalue weighted by molar-refractivity contribution is 6.77. The van der Waals surface area contributed by atoms with Gasteiger partial charge in [0.2, 0.25) is 0 Å². The van der Waals surface area contributed by atoms with Gasteiger partial charge in [-0.05, 0) is 0 Å². The molecule has 0 aromatic heterocycles. The Labute approximate surface area is 93.5 Å². The molecule has 0 saturated heterocycles. The van der Waals surface area contributed by atoms with Gasteiger partial charge in [-0.2, -0.15) is 0 Å². The van der Waals surface area contributed by atoms with E-state index < -0.39 is 16.1 Å². The first-order valence-corrected chi connectivity index (χ1v) is 13.2. The van der Waals surface area contributed by atoms with Gasteiger partial charge in [0, 0.05) is 16.1 Å². The van der Waals surface area contributed by atoms with Gasteiger partial charge in [-0.1, -0.05) is 77.1 Å². The number of hydrogen-bond acceptors (Lipinski definition) is 0. The Morgan fingerprint density at radius 1 is 0.643 bits per heavy atom. The van der Waals surface area contributed by atoms with Crippen molar-refractivity contribution in [3.63, 3.8) is 0 Å². The Morgan fingerprint density at radius 2 is 0.929 bits per heavy atom. The predicted octanol–water partition coefficient (Wildman–Crippen LogP) is 5.22. The first-order valence-electron chi connectivity index (χ1n) is 6.33. The van der Waals surface area contributed by atoms with E-state index in [1.54, 1.807) is 12.1 Å². The van der Waals surface area contributed by atoms with E-state index in [1.807, 2.05) is 0 Å². The van der Waals surface area contributed by atoms with Crippen molar-refractivity contribution in [1.82, 2.24) is 0 Å². The second-order valence-electron chi connectivity index (χ2n) is 6.24. The van der Waals surface area contributed by atoms with Crippen LogP contribution >= 0.6 is 0 Å². The Morgan fingerprint density at radius 3 is 1.14 bits per heavy atom. The van der Waals surface area contributed by atoms with Crippen LogP contribution in [0.2, 0.25) is 50.4 Å². The summed E-state index contributed by atoms with van der Waals surface area (Å²) in [5.41, 5.74) is 0. The summed E-state index contributed by atoms with van der Waals surface area (Å²) in [5.74, 6) is 0. The Kier molecular flexibility index (Phi) is 6.30. The van der Waals surface area contributed by atoms with E-state index in [-0.39, 0.29) is 0 Å². The van der Waals surface area contributed by atoms with Crippen LogP contribution in [0.25, 0.3) is 0 Å². The molecule has 0 fully saturated rings. The van der Waals surface area contributed by atoms with Crippen molar-refractivity contribution < 1.29 is 0 Å². The fraction of sp³-hybridized carbons (Fsp3) is 1.00. The summed E-state index contributed by atoms with van der Waals surface area (Å²) in [5, 5.41) is 0. The Hall–Kier alpha value is 0.434. The summed E-state index contributed by atoms with van der Waals surface area (Å²) in [6.45, 7) is 14.9. The van der Waals surface area contributed by atoms with E-state index in [9.17, 15) is 0 Å². The van der Waals surface area contributed by atoms with Gasteiger partial charge in [0.25, 0.3) is 0 Å².